The number of alkyl halides is 6. The molecular weight excluding hydrogens is 318 g/mol. The molecule has 0 aromatic carbocycles. The summed E-state index contributed by atoms with van der Waals surface area (Å²) in [6, 6.07) is 0.586. The summed E-state index contributed by atoms with van der Waals surface area (Å²) in [5, 5.41) is 13.2. The van der Waals surface area contributed by atoms with E-state index in [1.807, 2.05) is 0 Å². The fraction of sp³-hybridized carbons (Fsp3) is 0.545. The molecule has 5 nitrogen and oxygen atoms in total. The molecule has 0 amide bonds. The molecule has 11 heteroatoms. The van der Waals surface area contributed by atoms with Crippen LogP contribution in [-0.4, -0.2) is 32.7 Å². The predicted octanol–water partition coefficient (Wildman–Crippen LogP) is 2.64. The first-order valence-corrected chi connectivity index (χ1v) is 5.91. The summed E-state index contributed by atoms with van der Waals surface area (Å²) < 4.78 is 77.3. The fourth-order valence-electron chi connectivity index (χ4n) is 1.94. The third-order valence-electron chi connectivity index (χ3n) is 2.90. The highest BCUT2D eigenvalue weighted by Crippen LogP contribution is 2.42. The maximum absolute atomic E-state index is 13.0. The van der Waals surface area contributed by atoms with E-state index in [4.69, 9.17) is 0 Å². The second-order valence-electron chi connectivity index (χ2n) is 4.83. The van der Waals surface area contributed by atoms with Gasteiger partial charge in [-0.2, -0.15) is 36.5 Å². The topological polar surface area (TPSA) is 61.6 Å². The lowest BCUT2D eigenvalue weighted by molar-refractivity contribution is -0.254. The number of rotatable bonds is 1. The van der Waals surface area contributed by atoms with E-state index >= 15 is 0 Å². The Morgan fingerprint density at radius 1 is 1.14 bits per heavy atom. The van der Waals surface area contributed by atoms with Crippen molar-refractivity contribution in [1.82, 2.24) is 9.97 Å². The van der Waals surface area contributed by atoms with Gasteiger partial charge in [0.15, 0.2) is 0 Å². The monoisotopic (exact) mass is 328 g/mol. The van der Waals surface area contributed by atoms with Crippen molar-refractivity contribution in [3.63, 3.8) is 0 Å². The van der Waals surface area contributed by atoms with Crippen molar-refractivity contribution in [1.29, 1.82) is 0 Å². The Morgan fingerprint density at radius 2 is 1.73 bits per heavy atom. The third-order valence-corrected chi connectivity index (χ3v) is 2.90. The lowest BCUT2D eigenvalue weighted by Crippen LogP contribution is -2.55. The molecule has 1 aromatic heterocycles. The minimum absolute atomic E-state index is 0.0232. The van der Waals surface area contributed by atoms with E-state index in [0.717, 1.165) is 0 Å². The lowest BCUT2D eigenvalue weighted by Gasteiger charge is -2.32. The summed E-state index contributed by atoms with van der Waals surface area (Å²) in [6.45, 7) is 2.37. The van der Waals surface area contributed by atoms with Crippen LogP contribution in [0.25, 0.3) is 0 Å². The molecule has 1 unspecified atom stereocenters. The summed E-state index contributed by atoms with van der Waals surface area (Å²) in [4.78, 5) is 6.57. The van der Waals surface area contributed by atoms with E-state index in [1.54, 1.807) is 0 Å². The molecule has 0 radical (unpaired) electrons. The van der Waals surface area contributed by atoms with E-state index in [0.29, 0.717) is 6.07 Å². The molecule has 1 aromatic rings. The van der Waals surface area contributed by atoms with Crippen molar-refractivity contribution in [2.45, 2.75) is 38.3 Å². The van der Waals surface area contributed by atoms with E-state index in [-0.39, 0.29) is 16.4 Å². The highest BCUT2D eigenvalue weighted by atomic mass is 19.4. The summed E-state index contributed by atoms with van der Waals surface area (Å²) in [5.74, 6) is -0.969. The van der Waals surface area contributed by atoms with Gasteiger partial charge in [0.2, 0.25) is 5.95 Å². The van der Waals surface area contributed by atoms with Gasteiger partial charge in [0, 0.05) is 17.8 Å². The largest absolute Gasteiger partial charge is 0.438 e. The summed E-state index contributed by atoms with van der Waals surface area (Å²) in [6.07, 6.45) is -10.9. The number of halogens is 6. The maximum Gasteiger partial charge on any atom is 0.438 e. The molecule has 22 heavy (non-hydrogen) atoms. The van der Waals surface area contributed by atoms with Crippen molar-refractivity contribution >= 4 is 11.7 Å². The minimum atomic E-state index is -5.15. The maximum atomic E-state index is 13.0. The predicted molar refractivity (Wildman–Crippen MR) is 63.0 cm³/mol. The average molecular weight is 328 g/mol. The first-order valence-electron chi connectivity index (χ1n) is 5.91. The third kappa shape index (κ3) is 2.72. The van der Waals surface area contributed by atoms with Crippen molar-refractivity contribution in [2.24, 2.45) is 5.10 Å². The van der Waals surface area contributed by atoms with Crippen LogP contribution in [0.1, 0.15) is 24.7 Å². The normalized spacial score (nSPS) is 23.0. The molecule has 0 fully saturated rings. The van der Waals surface area contributed by atoms with Crippen LogP contribution >= 0.6 is 0 Å². The van der Waals surface area contributed by atoms with Gasteiger partial charge < -0.3 is 5.11 Å². The van der Waals surface area contributed by atoms with E-state index in [1.165, 1.54) is 13.8 Å². The van der Waals surface area contributed by atoms with Gasteiger partial charge in [0.25, 0.3) is 5.72 Å². The first-order chi connectivity index (χ1) is 9.84. The van der Waals surface area contributed by atoms with Gasteiger partial charge >= 0.3 is 12.4 Å². The minimum Gasteiger partial charge on any atom is -0.362 e. The fourth-order valence-corrected chi connectivity index (χ4v) is 1.94. The molecule has 0 spiro atoms. The van der Waals surface area contributed by atoms with Crippen LogP contribution in [0.2, 0.25) is 0 Å². The van der Waals surface area contributed by atoms with Gasteiger partial charge in [-0.3, -0.25) is 0 Å². The van der Waals surface area contributed by atoms with Crippen molar-refractivity contribution < 1.29 is 31.4 Å². The number of hydrazone groups is 1. The van der Waals surface area contributed by atoms with Gasteiger partial charge in [-0.05, 0) is 19.9 Å². The molecule has 0 bridgehead atoms. The zero-order valence-electron chi connectivity index (χ0n) is 11.3. The summed E-state index contributed by atoms with van der Waals surface area (Å²) >= 11 is 0. The van der Waals surface area contributed by atoms with Crippen molar-refractivity contribution in [2.75, 3.05) is 5.01 Å². The molecule has 1 atom stereocenters. The second-order valence-corrected chi connectivity index (χ2v) is 4.83. The number of aromatic nitrogens is 2. The van der Waals surface area contributed by atoms with Crippen molar-refractivity contribution in [3.8, 4) is 0 Å². The number of hydrogen-bond acceptors (Lipinski definition) is 5. The van der Waals surface area contributed by atoms with Crippen LogP contribution in [0.3, 0.4) is 0 Å². The van der Waals surface area contributed by atoms with Crippen molar-refractivity contribution in [3.05, 3.63) is 17.5 Å². The molecule has 122 valence electrons. The Balaban J connectivity index is 2.57. The summed E-state index contributed by atoms with van der Waals surface area (Å²) in [7, 11) is 0. The SMILES string of the molecule is CC1=NN(c2nc(C)cc(C(F)(F)F)n2)C(O)(C(F)(F)F)C1. The Morgan fingerprint density at radius 3 is 2.23 bits per heavy atom. The van der Waals surface area contributed by atoms with Crippen LogP contribution in [-0.2, 0) is 6.18 Å². The molecule has 1 aliphatic rings. The second kappa shape index (κ2) is 4.80. The Labute approximate surface area is 120 Å². The number of aliphatic hydroxyl groups is 1. The Hall–Kier alpha value is -1.91. The highest BCUT2D eigenvalue weighted by molar-refractivity contribution is 5.86. The van der Waals surface area contributed by atoms with Crippen LogP contribution in [0.15, 0.2) is 11.2 Å². The van der Waals surface area contributed by atoms with Crippen LogP contribution in [0.4, 0.5) is 32.3 Å². The van der Waals surface area contributed by atoms with E-state index in [2.05, 4.69) is 15.1 Å². The first kappa shape index (κ1) is 16.5. The Bertz CT molecular complexity index is 626. The molecule has 0 saturated carbocycles. The average Bonchev–Trinajstić information content (AvgIpc) is 2.63. The Kier molecular flexibility index (Phi) is 3.59. The highest BCUT2D eigenvalue weighted by Gasteiger charge is 2.62. The number of nitrogens with zero attached hydrogens (tertiary/aromatic N) is 4. The lowest BCUT2D eigenvalue weighted by atomic mass is 10.1. The molecule has 0 aliphatic carbocycles. The molecule has 0 saturated heterocycles. The standard InChI is InChI=1S/C11H10F6N4O/c1-5-3-7(10(12,13)14)19-8(18-5)21-9(22,11(15,16)17)4-6(2)20-21/h3,22H,4H2,1-2H3. The van der Waals surface area contributed by atoms with E-state index in [9.17, 15) is 31.4 Å². The van der Waals surface area contributed by atoms with Gasteiger partial charge in [-0.15, -0.1) is 0 Å². The molecule has 1 aliphatic heterocycles. The number of aryl methyl sites for hydroxylation is 1. The molecule has 2 rings (SSSR count). The van der Waals surface area contributed by atoms with Crippen LogP contribution in [0, 0.1) is 6.92 Å². The van der Waals surface area contributed by atoms with Gasteiger partial charge in [0.05, 0.1) is 0 Å². The molecule has 1 N–H and O–H groups in total. The van der Waals surface area contributed by atoms with Crippen LogP contribution in [0.5, 0.6) is 0 Å². The number of hydrogen-bond donors (Lipinski definition) is 1. The van der Waals surface area contributed by atoms with Gasteiger partial charge in [0.1, 0.15) is 5.69 Å². The quantitative estimate of drug-likeness (QED) is 0.805. The summed E-state index contributed by atoms with van der Waals surface area (Å²) in [5.41, 5.74) is -5.22. The van der Waals surface area contributed by atoms with Crippen LogP contribution < -0.4 is 5.01 Å². The van der Waals surface area contributed by atoms with Gasteiger partial charge in [-0.25, -0.2) is 9.97 Å². The number of anilines is 1. The zero-order chi connectivity index (χ0) is 16.9. The van der Waals surface area contributed by atoms with E-state index < -0.39 is 36.1 Å². The molecular formula is C11H10F6N4O. The molecule has 2 heterocycles. The van der Waals surface area contributed by atoms with Gasteiger partial charge in [-0.1, -0.05) is 0 Å². The smallest absolute Gasteiger partial charge is 0.362 e. The zero-order valence-corrected chi connectivity index (χ0v) is 11.3.